The predicted octanol–water partition coefficient (Wildman–Crippen LogP) is 1.39. The summed E-state index contributed by atoms with van der Waals surface area (Å²) in [5, 5.41) is 8.86. The van der Waals surface area contributed by atoms with E-state index < -0.39 is 5.97 Å². The second-order valence-electron chi connectivity index (χ2n) is 4.16. The van der Waals surface area contributed by atoms with Gasteiger partial charge >= 0.3 is 5.97 Å². The maximum atomic E-state index is 10.8. The molecule has 0 fully saturated rings. The summed E-state index contributed by atoms with van der Waals surface area (Å²) < 4.78 is 0. The molecule has 3 N–H and O–H groups in total. The number of carboxylic acids is 1. The van der Waals surface area contributed by atoms with Crippen molar-refractivity contribution in [3.63, 3.8) is 0 Å². The van der Waals surface area contributed by atoms with Gasteiger partial charge in [0.05, 0.1) is 11.3 Å². The van der Waals surface area contributed by atoms with Crippen LogP contribution in [0.2, 0.25) is 0 Å². The Bertz CT molecular complexity index is 586. The number of hydrogen-bond donors (Lipinski definition) is 2. The molecule has 0 saturated heterocycles. The lowest BCUT2D eigenvalue weighted by Crippen LogP contribution is -2.19. The van der Waals surface area contributed by atoms with Crippen LogP contribution in [-0.2, 0) is 6.54 Å². The quantitative estimate of drug-likeness (QED) is 0.861. The maximum Gasteiger partial charge on any atom is 0.337 e. The Labute approximate surface area is 110 Å². The van der Waals surface area contributed by atoms with Gasteiger partial charge < -0.3 is 15.7 Å². The van der Waals surface area contributed by atoms with Crippen LogP contribution in [0.1, 0.15) is 15.9 Å². The van der Waals surface area contributed by atoms with Crippen molar-refractivity contribution in [2.45, 2.75) is 6.54 Å². The molecule has 0 saturated carbocycles. The molecule has 0 spiro atoms. The summed E-state index contributed by atoms with van der Waals surface area (Å²) in [5.41, 5.74) is 7.27. The van der Waals surface area contributed by atoms with Crippen LogP contribution < -0.4 is 10.6 Å². The summed E-state index contributed by atoms with van der Waals surface area (Å²) in [4.78, 5) is 20.8. The van der Waals surface area contributed by atoms with Crippen molar-refractivity contribution in [3.8, 4) is 0 Å². The Hall–Kier alpha value is -2.63. The summed E-state index contributed by atoms with van der Waals surface area (Å²) in [5.74, 6) is -0.491. The fourth-order valence-corrected chi connectivity index (χ4v) is 1.75. The van der Waals surface area contributed by atoms with Gasteiger partial charge in [-0.2, -0.15) is 0 Å². The Balaban J connectivity index is 2.20. The Kier molecular flexibility index (Phi) is 3.61. The first-order valence-electron chi connectivity index (χ1n) is 5.67. The summed E-state index contributed by atoms with van der Waals surface area (Å²) >= 11 is 0. The van der Waals surface area contributed by atoms with Crippen LogP contribution in [0.5, 0.6) is 0 Å². The first kappa shape index (κ1) is 12.8. The zero-order valence-corrected chi connectivity index (χ0v) is 10.4. The average Bonchev–Trinajstić information content (AvgIpc) is 2.39. The highest BCUT2D eigenvalue weighted by atomic mass is 16.4. The number of hydrogen-bond acceptors (Lipinski definition) is 5. The van der Waals surface area contributed by atoms with Gasteiger partial charge in [0.1, 0.15) is 0 Å². The molecule has 98 valence electrons. The van der Waals surface area contributed by atoms with Crippen molar-refractivity contribution in [1.29, 1.82) is 0 Å². The molecule has 0 aromatic carbocycles. The molecule has 0 atom stereocenters. The van der Waals surface area contributed by atoms with Crippen LogP contribution in [0.3, 0.4) is 0 Å². The van der Waals surface area contributed by atoms with Crippen molar-refractivity contribution in [2.75, 3.05) is 17.7 Å². The van der Waals surface area contributed by atoms with Crippen molar-refractivity contribution in [3.05, 3.63) is 47.9 Å². The average molecular weight is 258 g/mol. The van der Waals surface area contributed by atoms with Crippen LogP contribution in [0.25, 0.3) is 0 Å². The number of pyridine rings is 2. The van der Waals surface area contributed by atoms with E-state index in [1.807, 2.05) is 24.1 Å². The van der Waals surface area contributed by atoms with Gasteiger partial charge in [-0.1, -0.05) is 6.07 Å². The van der Waals surface area contributed by atoms with Crippen LogP contribution in [0.15, 0.2) is 36.8 Å². The van der Waals surface area contributed by atoms with Crippen LogP contribution >= 0.6 is 0 Å². The number of carboxylic acid groups (broad SMARTS) is 1. The van der Waals surface area contributed by atoms with Gasteiger partial charge in [-0.25, -0.2) is 9.78 Å². The van der Waals surface area contributed by atoms with E-state index in [1.165, 1.54) is 12.3 Å². The Morgan fingerprint density at radius 2 is 2.26 bits per heavy atom. The zero-order valence-electron chi connectivity index (χ0n) is 10.4. The van der Waals surface area contributed by atoms with Gasteiger partial charge in [0.25, 0.3) is 0 Å². The third-order valence-electron chi connectivity index (χ3n) is 2.65. The van der Waals surface area contributed by atoms with Crippen molar-refractivity contribution in [1.82, 2.24) is 9.97 Å². The fourth-order valence-electron chi connectivity index (χ4n) is 1.75. The fraction of sp³-hybridized carbons (Fsp3) is 0.154. The van der Waals surface area contributed by atoms with E-state index in [9.17, 15) is 4.79 Å². The minimum atomic E-state index is -1.04. The number of nitrogens with zero attached hydrogens (tertiary/aromatic N) is 3. The Morgan fingerprint density at radius 1 is 1.47 bits per heavy atom. The smallest absolute Gasteiger partial charge is 0.337 e. The van der Waals surface area contributed by atoms with E-state index in [1.54, 1.807) is 12.4 Å². The summed E-state index contributed by atoms with van der Waals surface area (Å²) in [6.45, 7) is 0.595. The first-order chi connectivity index (χ1) is 9.08. The van der Waals surface area contributed by atoms with Crippen molar-refractivity contribution < 1.29 is 9.90 Å². The SMILES string of the molecule is CN(Cc1cccnc1)c1ncc(C(=O)O)cc1N. The van der Waals surface area contributed by atoms with E-state index in [4.69, 9.17) is 10.8 Å². The van der Waals surface area contributed by atoms with Gasteiger partial charge in [-0.3, -0.25) is 4.98 Å². The van der Waals surface area contributed by atoms with E-state index in [0.29, 0.717) is 18.1 Å². The third kappa shape index (κ3) is 2.98. The summed E-state index contributed by atoms with van der Waals surface area (Å²) in [6, 6.07) is 5.21. The molecule has 6 nitrogen and oxygen atoms in total. The molecule has 0 radical (unpaired) electrons. The molecule has 2 aromatic rings. The van der Waals surface area contributed by atoms with Crippen LogP contribution in [0.4, 0.5) is 11.5 Å². The minimum Gasteiger partial charge on any atom is -0.478 e. The topological polar surface area (TPSA) is 92.3 Å². The molecular weight excluding hydrogens is 244 g/mol. The van der Waals surface area contributed by atoms with Gasteiger partial charge in [0.2, 0.25) is 0 Å². The predicted molar refractivity (Wildman–Crippen MR) is 72.0 cm³/mol. The number of rotatable bonds is 4. The lowest BCUT2D eigenvalue weighted by atomic mass is 10.2. The number of aromatic nitrogens is 2. The highest BCUT2D eigenvalue weighted by Gasteiger charge is 2.11. The molecule has 0 bridgehead atoms. The number of aromatic carboxylic acids is 1. The van der Waals surface area contributed by atoms with Crippen LogP contribution in [0, 0.1) is 0 Å². The van der Waals surface area contributed by atoms with Gasteiger partial charge in [0.15, 0.2) is 5.82 Å². The Morgan fingerprint density at radius 3 is 2.84 bits per heavy atom. The minimum absolute atomic E-state index is 0.0797. The first-order valence-corrected chi connectivity index (χ1v) is 5.67. The standard InChI is InChI=1S/C13H14N4O2/c1-17(8-9-3-2-4-15-6-9)12-11(14)5-10(7-16-12)13(18)19/h2-7H,8,14H2,1H3,(H,18,19). The highest BCUT2D eigenvalue weighted by molar-refractivity contribution is 5.89. The highest BCUT2D eigenvalue weighted by Crippen LogP contribution is 2.21. The normalized spacial score (nSPS) is 10.2. The molecule has 0 unspecified atom stereocenters. The molecule has 0 aliphatic carbocycles. The molecular formula is C13H14N4O2. The zero-order chi connectivity index (χ0) is 13.8. The molecule has 6 heteroatoms. The van der Waals surface area contributed by atoms with Gasteiger partial charge in [-0.15, -0.1) is 0 Å². The molecule has 2 aromatic heterocycles. The van der Waals surface area contributed by atoms with E-state index >= 15 is 0 Å². The van der Waals surface area contributed by atoms with Crippen molar-refractivity contribution in [2.24, 2.45) is 0 Å². The largest absolute Gasteiger partial charge is 0.478 e. The molecule has 2 heterocycles. The van der Waals surface area contributed by atoms with Crippen LogP contribution in [-0.4, -0.2) is 28.1 Å². The number of nitrogen functional groups attached to an aromatic ring is 1. The second kappa shape index (κ2) is 5.34. The molecule has 0 amide bonds. The molecule has 0 aliphatic heterocycles. The van der Waals surface area contributed by atoms with E-state index in [2.05, 4.69) is 9.97 Å². The summed E-state index contributed by atoms with van der Waals surface area (Å²) in [7, 11) is 1.84. The lowest BCUT2D eigenvalue weighted by Gasteiger charge is -2.19. The molecule has 19 heavy (non-hydrogen) atoms. The van der Waals surface area contributed by atoms with E-state index in [0.717, 1.165) is 5.56 Å². The van der Waals surface area contributed by atoms with Crippen molar-refractivity contribution >= 4 is 17.5 Å². The second-order valence-corrected chi connectivity index (χ2v) is 4.16. The monoisotopic (exact) mass is 258 g/mol. The maximum absolute atomic E-state index is 10.8. The lowest BCUT2D eigenvalue weighted by molar-refractivity contribution is 0.0696. The molecule has 0 aliphatic rings. The number of carbonyl (C=O) groups is 1. The number of anilines is 2. The third-order valence-corrected chi connectivity index (χ3v) is 2.65. The van der Waals surface area contributed by atoms with Gasteiger partial charge in [-0.05, 0) is 17.7 Å². The summed E-state index contributed by atoms with van der Waals surface area (Å²) in [6.07, 6.45) is 4.77. The number of nitrogens with two attached hydrogens (primary N) is 1. The molecule has 2 rings (SSSR count). The van der Waals surface area contributed by atoms with E-state index in [-0.39, 0.29) is 5.56 Å². The van der Waals surface area contributed by atoms with Gasteiger partial charge in [0, 0.05) is 32.2 Å².